The molecule has 0 saturated carbocycles. The zero-order chi connectivity index (χ0) is 0. The normalized spacial score (nSPS) is 0. The molecule has 0 aliphatic carbocycles. The van der Waals surface area contributed by atoms with Gasteiger partial charge in [-0.15, -0.1) is 0 Å². The first-order valence-electron chi connectivity index (χ1n) is 0. The second kappa shape index (κ2) is 414. The molecule has 3 nitrogen and oxygen atoms in total. The van der Waals surface area contributed by atoms with E-state index >= 15 is 0 Å². The third-order valence-corrected chi connectivity index (χ3v) is 0. The average molecular weight is 125 g/mol. The van der Waals surface area contributed by atoms with Gasteiger partial charge in [-0.05, 0) is 0 Å². The Hall–Kier alpha value is 0.342. The van der Waals surface area contributed by atoms with Crippen LogP contribution in [0.15, 0.2) is 0 Å². The summed E-state index contributed by atoms with van der Waals surface area (Å²) >= 11 is 0. The molecule has 0 aromatic rings. The Morgan fingerprint density at radius 3 is 0.600 bits per heavy atom. The van der Waals surface area contributed by atoms with E-state index < -0.39 is 0 Å². The summed E-state index contributed by atoms with van der Waals surface area (Å²) in [5.41, 5.74) is 0. The van der Waals surface area contributed by atoms with Gasteiger partial charge in [0.15, 0.2) is 0 Å². The van der Waals surface area contributed by atoms with Crippen LogP contribution in [0.5, 0.6) is 0 Å². The maximum atomic E-state index is 0. The summed E-state index contributed by atoms with van der Waals surface area (Å²) in [5, 5.41) is 0. The summed E-state index contributed by atoms with van der Waals surface area (Å²) in [6.07, 6.45) is 0. The van der Waals surface area contributed by atoms with Gasteiger partial charge < -0.3 is 21.1 Å². The third kappa shape index (κ3) is 203. The predicted octanol–water partition coefficient (Wildman–Crippen LogP) is -5.47. The monoisotopic (exact) mass is 125 g/mol. The molecule has 0 radical (unpaired) electrons. The molecule has 5 heteroatoms. The molecule has 0 spiro atoms. The van der Waals surface area contributed by atoms with Crippen molar-refractivity contribution < 1.29 is 38.5 Å². The van der Waals surface area contributed by atoms with Gasteiger partial charge in [0.1, 0.15) is 0 Å². The van der Waals surface area contributed by atoms with Crippen molar-refractivity contribution in [1.82, 2.24) is 0 Å². The van der Waals surface area contributed by atoms with Gasteiger partial charge in [0.2, 0.25) is 0 Å². The zero-order valence-electron chi connectivity index (χ0n) is 2.29. The first-order valence-corrected chi connectivity index (χ1v) is 0. The summed E-state index contributed by atoms with van der Waals surface area (Å²) in [4.78, 5) is 0. The van der Waals surface area contributed by atoms with Crippen LogP contribution in [0.1, 0.15) is 0 Å². The van der Waals surface area contributed by atoms with Crippen LogP contribution in [0.3, 0.4) is 0 Å². The summed E-state index contributed by atoms with van der Waals surface area (Å²) in [7, 11) is 0. The van der Waals surface area contributed by atoms with Crippen molar-refractivity contribution in [2.24, 2.45) is 0 Å². The number of hydrogen-bond donors (Lipinski definition) is 0. The quantitative estimate of drug-likeness (QED) is 0.309. The SMILES string of the molecule is O.O.O.[Cr+2].[F-]. The van der Waals surface area contributed by atoms with Crippen molar-refractivity contribution >= 4 is 0 Å². The number of hydrogen-bond acceptors (Lipinski definition) is 0. The fourth-order valence-electron chi connectivity index (χ4n) is 0. The Bertz CT molecular complexity index is 6.85. The van der Waals surface area contributed by atoms with Crippen molar-refractivity contribution in [2.45, 2.75) is 0 Å². The Morgan fingerprint density at radius 1 is 0.600 bits per heavy atom. The first kappa shape index (κ1) is 859. The van der Waals surface area contributed by atoms with Crippen LogP contribution in [0, 0.1) is 0 Å². The predicted molar refractivity (Wildman–Crippen MR) is 10.8 cm³/mol. The molecular weight excluding hydrogens is 119 g/mol. The van der Waals surface area contributed by atoms with Gasteiger partial charge in [-0.1, -0.05) is 0 Å². The van der Waals surface area contributed by atoms with E-state index in [1.807, 2.05) is 0 Å². The second-order valence-electron chi connectivity index (χ2n) is 0. The molecule has 0 heterocycles. The molecule has 0 fully saturated rings. The summed E-state index contributed by atoms with van der Waals surface area (Å²) in [5.74, 6) is 0. The molecule has 0 aromatic heterocycles. The van der Waals surface area contributed by atoms with Crippen molar-refractivity contribution in [3.05, 3.63) is 0 Å². The van der Waals surface area contributed by atoms with Crippen molar-refractivity contribution in [1.29, 1.82) is 0 Å². The molecule has 0 aliphatic rings. The summed E-state index contributed by atoms with van der Waals surface area (Å²) in [6, 6.07) is 0. The molecule has 0 bridgehead atoms. The van der Waals surface area contributed by atoms with Crippen LogP contribution in [0.4, 0.5) is 0 Å². The molecular formula is H6CrFO3+. The Balaban J connectivity index is 0. The number of rotatable bonds is 0. The van der Waals surface area contributed by atoms with Crippen molar-refractivity contribution in [3.63, 3.8) is 0 Å². The topological polar surface area (TPSA) is 94.5 Å². The molecule has 0 unspecified atom stereocenters. The van der Waals surface area contributed by atoms with Crippen molar-refractivity contribution in [3.8, 4) is 0 Å². The fourth-order valence-corrected chi connectivity index (χ4v) is 0. The van der Waals surface area contributed by atoms with E-state index in [1.54, 1.807) is 0 Å². The largest absolute Gasteiger partial charge is 2.00 e. The van der Waals surface area contributed by atoms with E-state index in [1.165, 1.54) is 0 Å². The Labute approximate surface area is 39.4 Å². The van der Waals surface area contributed by atoms with Crippen LogP contribution in [0.2, 0.25) is 0 Å². The third-order valence-electron chi connectivity index (χ3n) is 0. The number of halogens is 1. The first-order chi connectivity index (χ1) is 0. The molecule has 5 heavy (non-hydrogen) atoms. The van der Waals surface area contributed by atoms with Crippen LogP contribution in [0.25, 0.3) is 0 Å². The Kier molecular flexibility index (Phi) is 71100. The minimum atomic E-state index is 0. The summed E-state index contributed by atoms with van der Waals surface area (Å²) < 4.78 is 0. The van der Waals surface area contributed by atoms with E-state index in [4.69, 9.17) is 0 Å². The molecule has 0 aromatic carbocycles. The molecule has 0 rings (SSSR count). The van der Waals surface area contributed by atoms with E-state index in [0.29, 0.717) is 0 Å². The van der Waals surface area contributed by atoms with Gasteiger partial charge in [-0.3, -0.25) is 0 Å². The minimum Gasteiger partial charge on any atom is -1.00 e. The van der Waals surface area contributed by atoms with Gasteiger partial charge in [0.25, 0.3) is 0 Å². The fraction of sp³-hybridized carbons (Fsp3) is 0. The van der Waals surface area contributed by atoms with Gasteiger partial charge in [0, 0.05) is 0 Å². The summed E-state index contributed by atoms with van der Waals surface area (Å²) in [6.45, 7) is 0. The second-order valence-corrected chi connectivity index (χ2v) is 0. The molecule has 0 atom stereocenters. The van der Waals surface area contributed by atoms with Crippen LogP contribution >= 0.6 is 0 Å². The van der Waals surface area contributed by atoms with Crippen molar-refractivity contribution in [2.75, 3.05) is 0 Å². The minimum absolute atomic E-state index is 0. The molecule has 0 saturated heterocycles. The maximum absolute atomic E-state index is 0. The maximum Gasteiger partial charge on any atom is 2.00 e. The zero-order valence-corrected chi connectivity index (χ0v) is 3.56. The van der Waals surface area contributed by atoms with E-state index in [0.717, 1.165) is 0 Å². The van der Waals surface area contributed by atoms with Gasteiger partial charge in [-0.2, -0.15) is 0 Å². The van der Waals surface area contributed by atoms with E-state index in [2.05, 4.69) is 0 Å². The van der Waals surface area contributed by atoms with Crippen LogP contribution in [-0.2, 0) is 17.4 Å². The molecule has 6 N–H and O–H groups in total. The standard InChI is InChI=1S/Cr.FH.3H2O/h;1H;3*1H2/q+2;;;;/p-1. The van der Waals surface area contributed by atoms with E-state index in [-0.39, 0.29) is 38.5 Å². The van der Waals surface area contributed by atoms with Crippen LogP contribution < -0.4 is 4.70 Å². The van der Waals surface area contributed by atoms with Gasteiger partial charge >= 0.3 is 17.4 Å². The van der Waals surface area contributed by atoms with Crippen LogP contribution in [-0.4, -0.2) is 16.4 Å². The van der Waals surface area contributed by atoms with E-state index in [9.17, 15) is 0 Å². The smallest absolute Gasteiger partial charge is 1.00 e. The molecule has 0 amide bonds. The van der Waals surface area contributed by atoms with Gasteiger partial charge in [-0.25, -0.2) is 0 Å². The van der Waals surface area contributed by atoms with Gasteiger partial charge in [0.05, 0.1) is 0 Å². The average Bonchev–Trinajstić information content (AvgIpc) is 0. The molecule has 0 aliphatic heterocycles. The molecule has 36 valence electrons. The Morgan fingerprint density at radius 2 is 0.600 bits per heavy atom.